The minimum absolute atomic E-state index is 0.246. The molecule has 0 spiro atoms. The third-order valence-corrected chi connectivity index (χ3v) is 2.58. The zero-order valence-electron chi connectivity index (χ0n) is 8.16. The van der Waals surface area contributed by atoms with Gasteiger partial charge in [0.25, 0.3) is 5.91 Å². The van der Waals surface area contributed by atoms with E-state index in [1.165, 1.54) is 0 Å². The average molecular weight is 243 g/mol. The van der Waals surface area contributed by atoms with Crippen molar-refractivity contribution in [2.45, 2.75) is 13.0 Å². The van der Waals surface area contributed by atoms with Gasteiger partial charge in [-0.2, -0.15) is 0 Å². The predicted octanol–water partition coefficient (Wildman–Crippen LogP) is 1.74. The molecule has 1 atom stereocenters. The average Bonchev–Trinajstić information content (AvgIpc) is 2.18. The number of halogens is 1. The summed E-state index contributed by atoms with van der Waals surface area (Å²) < 4.78 is 0. The van der Waals surface area contributed by atoms with Gasteiger partial charge in [-0.25, -0.2) is 0 Å². The van der Waals surface area contributed by atoms with Gasteiger partial charge in [-0.1, -0.05) is 36.0 Å². The maximum absolute atomic E-state index is 11.7. The second-order valence-corrected chi connectivity index (χ2v) is 3.96. The van der Waals surface area contributed by atoms with E-state index in [4.69, 9.17) is 29.6 Å². The molecule has 1 amide bonds. The lowest BCUT2D eigenvalue weighted by Gasteiger charge is -2.12. The number of rotatable bonds is 3. The zero-order chi connectivity index (χ0) is 11.4. The molecule has 0 bridgehead atoms. The molecule has 15 heavy (non-hydrogen) atoms. The molecule has 80 valence electrons. The van der Waals surface area contributed by atoms with Gasteiger partial charge in [0.1, 0.15) is 0 Å². The molecule has 0 aromatic heterocycles. The topological polar surface area (TPSA) is 55.1 Å². The van der Waals surface area contributed by atoms with Crippen molar-refractivity contribution >= 4 is 34.7 Å². The number of carbonyl (C=O) groups excluding carboxylic acids is 1. The number of amides is 1. The third-order valence-electron chi connectivity index (χ3n) is 1.89. The van der Waals surface area contributed by atoms with Gasteiger partial charge in [-0.05, 0) is 19.1 Å². The lowest BCUT2D eigenvalue weighted by atomic mass is 10.2. The predicted molar refractivity (Wildman–Crippen MR) is 65.2 cm³/mol. The second kappa shape index (κ2) is 5.09. The summed E-state index contributed by atoms with van der Waals surface area (Å²) in [6, 6.07) is 6.46. The van der Waals surface area contributed by atoms with Crippen LogP contribution in [0.15, 0.2) is 24.3 Å². The fraction of sp³-hybridized carbons (Fsp3) is 0.200. The van der Waals surface area contributed by atoms with Crippen LogP contribution in [-0.4, -0.2) is 16.9 Å². The van der Waals surface area contributed by atoms with E-state index in [1.807, 2.05) is 0 Å². The lowest BCUT2D eigenvalue weighted by molar-refractivity contribution is 0.0949. The van der Waals surface area contributed by atoms with E-state index in [-0.39, 0.29) is 16.9 Å². The van der Waals surface area contributed by atoms with E-state index >= 15 is 0 Å². The minimum atomic E-state index is -0.344. The van der Waals surface area contributed by atoms with Crippen molar-refractivity contribution in [2.75, 3.05) is 0 Å². The highest BCUT2D eigenvalue weighted by Crippen LogP contribution is 2.14. The quantitative estimate of drug-likeness (QED) is 0.794. The molecule has 3 N–H and O–H groups in total. The van der Waals surface area contributed by atoms with Gasteiger partial charge < -0.3 is 11.1 Å². The molecule has 0 radical (unpaired) electrons. The third kappa shape index (κ3) is 3.18. The van der Waals surface area contributed by atoms with Crippen LogP contribution in [0.5, 0.6) is 0 Å². The molecule has 3 nitrogen and oxygen atoms in total. The summed E-state index contributed by atoms with van der Waals surface area (Å²) in [5, 5.41) is 3.05. The molecular weight excluding hydrogens is 232 g/mol. The van der Waals surface area contributed by atoms with Crippen LogP contribution in [0.25, 0.3) is 0 Å². The van der Waals surface area contributed by atoms with Crippen molar-refractivity contribution in [1.82, 2.24) is 5.32 Å². The van der Waals surface area contributed by atoms with E-state index in [0.29, 0.717) is 10.6 Å². The Labute approximate surface area is 98.6 Å². The number of hydrogen-bond acceptors (Lipinski definition) is 2. The first kappa shape index (κ1) is 11.9. The first-order chi connectivity index (χ1) is 7.02. The summed E-state index contributed by atoms with van der Waals surface area (Å²) in [4.78, 5) is 11.9. The van der Waals surface area contributed by atoms with Crippen molar-refractivity contribution in [3.05, 3.63) is 34.9 Å². The number of benzene rings is 1. The largest absolute Gasteiger partial charge is 0.392 e. The Morgan fingerprint density at radius 3 is 2.67 bits per heavy atom. The fourth-order valence-electron chi connectivity index (χ4n) is 0.991. The minimum Gasteiger partial charge on any atom is -0.392 e. The second-order valence-electron chi connectivity index (χ2n) is 3.08. The van der Waals surface area contributed by atoms with Gasteiger partial charge in [0.2, 0.25) is 0 Å². The van der Waals surface area contributed by atoms with Gasteiger partial charge in [0.15, 0.2) is 0 Å². The number of hydrogen-bond donors (Lipinski definition) is 2. The first-order valence-electron chi connectivity index (χ1n) is 4.37. The zero-order valence-corrected chi connectivity index (χ0v) is 9.73. The summed E-state index contributed by atoms with van der Waals surface area (Å²) in [5.74, 6) is -0.277. The molecule has 0 heterocycles. The van der Waals surface area contributed by atoms with Crippen LogP contribution in [0.2, 0.25) is 5.02 Å². The monoisotopic (exact) mass is 242 g/mol. The molecule has 5 heteroatoms. The highest BCUT2D eigenvalue weighted by molar-refractivity contribution is 7.80. The summed E-state index contributed by atoms with van der Waals surface area (Å²) in [7, 11) is 0. The maximum atomic E-state index is 11.7. The lowest BCUT2D eigenvalue weighted by Crippen LogP contribution is -2.41. The molecular formula is C10H11ClN2OS. The first-order valence-corrected chi connectivity index (χ1v) is 5.15. The van der Waals surface area contributed by atoms with Crippen LogP contribution < -0.4 is 11.1 Å². The van der Waals surface area contributed by atoms with Gasteiger partial charge in [-0.3, -0.25) is 4.79 Å². The van der Waals surface area contributed by atoms with Crippen LogP contribution in [0.3, 0.4) is 0 Å². The molecule has 0 saturated heterocycles. The number of nitrogens with two attached hydrogens (primary N) is 1. The Kier molecular flexibility index (Phi) is 4.05. The van der Waals surface area contributed by atoms with Crippen LogP contribution in [0, 0.1) is 0 Å². The molecule has 1 aromatic rings. The molecule has 0 fully saturated rings. The fourth-order valence-corrected chi connectivity index (χ4v) is 1.27. The number of thiocarbonyl (C=S) groups is 1. The van der Waals surface area contributed by atoms with Crippen LogP contribution >= 0.6 is 23.8 Å². The van der Waals surface area contributed by atoms with E-state index in [1.54, 1.807) is 31.2 Å². The highest BCUT2D eigenvalue weighted by atomic mass is 35.5. The van der Waals surface area contributed by atoms with Crippen LogP contribution in [0.4, 0.5) is 0 Å². The van der Waals surface area contributed by atoms with Crippen LogP contribution in [0.1, 0.15) is 17.3 Å². The normalized spacial score (nSPS) is 11.9. The van der Waals surface area contributed by atoms with E-state index in [0.717, 1.165) is 0 Å². The summed E-state index contributed by atoms with van der Waals surface area (Å²) in [5.41, 5.74) is 5.80. The van der Waals surface area contributed by atoms with Crippen molar-refractivity contribution in [3.63, 3.8) is 0 Å². The Hall–Kier alpha value is -1.13. The van der Waals surface area contributed by atoms with Crippen molar-refractivity contribution < 1.29 is 4.79 Å². The molecule has 0 aliphatic rings. The number of carbonyl (C=O) groups is 1. The standard InChI is InChI=1S/C10H11ClN2OS/c1-6(9(12)15)13-10(14)7-4-2-3-5-8(7)11/h2-6H,1H3,(H2,12,15)(H,13,14). The van der Waals surface area contributed by atoms with Crippen LogP contribution in [-0.2, 0) is 0 Å². The van der Waals surface area contributed by atoms with Crippen molar-refractivity contribution in [2.24, 2.45) is 5.73 Å². The van der Waals surface area contributed by atoms with E-state index in [2.05, 4.69) is 5.32 Å². The Bertz CT molecular complexity index is 395. The summed E-state index contributed by atoms with van der Waals surface area (Å²) in [6.07, 6.45) is 0. The Morgan fingerprint density at radius 1 is 1.53 bits per heavy atom. The Balaban J connectivity index is 2.78. The SMILES string of the molecule is CC(NC(=O)c1ccccc1Cl)C(N)=S. The van der Waals surface area contributed by atoms with Crippen molar-refractivity contribution in [3.8, 4) is 0 Å². The molecule has 0 aliphatic heterocycles. The van der Waals surface area contributed by atoms with Gasteiger partial charge in [-0.15, -0.1) is 0 Å². The summed E-state index contributed by atoms with van der Waals surface area (Å²) in [6.45, 7) is 1.72. The van der Waals surface area contributed by atoms with Gasteiger partial charge in [0.05, 0.1) is 21.6 Å². The van der Waals surface area contributed by atoms with Gasteiger partial charge in [0, 0.05) is 0 Å². The molecule has 1 rings (SSSR count). The molecule has 0 aliphatic carbocycles. The molecule has 1 unspecified atom stereocenters. The van der Waals surface area contributed by atoms with E-state index in [9.17, 15) is 4.79 Å². The smallest absolute Gasteiger partial charge is 0.253 e. The highest BCUT2D eigenvalue weighted by Gasteiger charge is 2.13. The molecule has 1 aromatic carbocycles. The van der Waals surface area contributed by atoms with E-state index < -0.39 is 0 Å². The summed E-state index contributed by atoms with van der Waals surface area (Å²) >= 11 is 10.6. The Morgan fingerprint density at radius 2 is 2.13 bits per heavy atom. The van der Waals surface area contributed by atoms with Gasteiger partial charge >= 0.3 is 0 Å². The van der Waals surface area contributed by atoms with Crippen molar-refractivity contribution in [1.29, 1.82) is 0 Å². The maximum Gasteiger partial charge on any atom is 0.253 e. The number of nitrogens with one attached hydrogen (secondary N) is 1. The molecule has 0 saturated carbocycles.